The molecule has 8 aromatic carbocycles. The zero-order valence-corrected chi connectivity index (χ0v) is 32.6. The summed E-state index contributed by atoms with van der Waals surface area (Å²) in [5, 5.41) is 4.06. The second-order valence-electron chi connectivity index (χ2n) is 17.9. The molecule has 278 valence electrons. The molecule has 8 aromatic rings. The van der Waals surface area contributed by atoms with Gasteiger partial charge in [0.1, 0.15) is 23.3 Å². The van der Waals surface area contributed by atoms with E-state index in [9.17, 15) is 17.6 Å². The second kappa shape index (κ2) is 11.1. The quantitative estimate of drug-likeness (QED) is 0.154. The molecule has 0 aliphatic heterocycles. The number of hydrogen-bond acceptors (Lipinski definition) is 0. The highest BCUT2D eigenvalue weighted by Crippen LogP contribution is 2.61. The molecule has 3 aliphatic carbocycles. The van der Waals surface area contributed by atoms with Gasteiger partial charge in [-0.05, 0) is 171 Å². The van der Waals surface area contributed by atoms with Gasteiger partial charge < -0.3 is 0 Å². The molecule has 11 rings (SSSR count). The lowest BCUT2D eigenvalue weighted by Crippen LogP contribution is -2.17. The number of benzene rings is 8. The molecule has 0 atom stereocenters. The maximum absolute atomic E-state index is 14.6. The lowest BCUT2D eigenvalue weighted by atomic mass is 9.78. The van der Waals surface area contributed by atoms with E-state index in [1.165, 1.54) is 79.9 Å². The Kier molecular flexibility index (Phi) is 6.67. The maximum atomic E-state index is 14.6. The average molecular weight is 751 g/mol. The van der Waals surface area contributed by atoms with Crippen molar-refractivity contribution in [2.75, 3.05) is 0 Å². The van der Waals surface area contributed by atoms with E-state index in [-0.39, 0.29) is 5.41 Å². The van der Waals surface area contributed by atoms with Crippen LogP contribution in [0.4, 0.5) is 17.6 Å². The summed E-state index contributed by atoms with van der Waals surface area (Å²) in [6, 6.07) is 37.9. The lowest BCUT2D eigenvalue weighted by molar-refractivity contribution is 0.583. The molecule has 0 N–H and O–H groups in total. The molecule has 4 heteroatoms. The van der Waals surface area contributed by atoms with Crippen molar-refractivity contribution in [1.29, 1.82) is 0 Å². The van der Waals surface area contributed by atoms with Crippen LogP contribution in [0, 0.1) is 23.3 Å². The molecule has 0 heterocycles. The van der Waals surface area contributed by atoms with Gasteiger partial charge in [0, 0.05) is 28.4 Å². The Bertz CT molecular complexity index is 2890. The highest BCUT2D eigenvalue weighted by Gasteiger charge is 2.45. The molecule has 0 bridgehead atoms. The molecule has 0 fully saturated rings. The highest BCUT2D eigenvalue weighted by atomic mass is 19.1. The van der Waals surface area contributed by atoms with Crippen LogP contribution in [-0.4, -0.2) is 0 Å². The Morgan fingerprint density at radius 2 is 0.579 bits per heavy atom. The minimum atomic E-state index is -0.595. The van der Waals surface area contributed by atoms with Crippen molar-refractivity contribution in [2.45, 2.75) is 57.8 Å². The van der Waals surface area contributed by atoms with Crippen LogP contribution in [0.25, 0.3) is 77.2 Å². The van der Waals surface area contributed by atoms with Crippen molar-refractivity contribution < 1.29 is 17.6 Å². The summed E-state index contributed by atoms with van der Waals surface area (Å²) >= 11 is 0. The van der Waals surface area contributed by atoms with Crippen molar-refractivity contribution in [3.05, 3.63) is 178 Å². The van der Waals surface area contributed by atoms with Crippen LogP contribution in [0.5, 0.6) is 0 Å². The summed E-state index contributed by atoms with van der Waals surface area (Å²) < 4.78 is 58.4. The average Bonchev–Trinajstić information content (AvgIpc) is 3.63. The van der Waals surface area contributed by atoms with Gasteiger partial charge in [0.15, 0.2) is 0 Å². The largest absolute Gasteiger partial charge is 0.207 e. The van der Waals surface area contributed by atoms with Gasteiger partial charge in [-0.2, -0.15) is 0 Å². The number of rotatable bonds is 2. The van der Waals surface area contributed by atoms with Gasteiger partial charge >= 0.3 is 0 Å². The van der Waals surface area contributed by atoms with Gasteiger partial charge in [0.05, 0.1) is 0 Å². The summed E-state index contributed by atoms with van der Waals surface area (Å²) in [4.78, 5) is 0. The number of halogens is 4. The molecule has 0 saturated heterocycles. The first-order chi connectivity index (χ1) is 27.1. The minimum Gasteiger partial charge on any atom is -0.207 e. The summed E-state index contributed by atoms with van der Waals surface area (Å²) in [5.74, 6) is -2.38. The van der Waals surface area contributed by atoms with E-state index in [4.69, 9.17) is 0 Å². The fourth-order valence-corrected chi connectivity index (χ4v) is 10.8. The fourth-order valence-electron chi connectivity index (χ4n) is 10.8. The van der Waals surface area contributed by atoms with Crippen LogP contribution in [0.1, 0.15) is 74.9 Å². The Labute approximate surface area is 329 Å². The number of hydrogen-bond donors (Lipinski definition) is 0. The van der Waals surface area contributed by atoms with Gasteiger partial charge in [-0.1, -0.05) is 90.1 Å². The first-order valence-corrected chi connectivity index (χ1v) is 19.6. The molecular formula is C53H38F4. The summed E-state index contributed by atoms with van der Waals surface area (Å²) in [6.45, 7) is 13.7. The van der Waals surface area contributed by atoms with Crippen LogP contribution < -0.4 is 0 Å². The lowest BCUT2D eigenvalue weighted by Gasteiger charge is -2.25. The zero-order valence-electron chi connectivity index (χ0n) is 32.6. The Morgan fingerprint density at radius 3 is 0.947 bits per heavy atom. The number of fused-ring (bicyclic) bond motifs is 13. The molecule has 0 unspecified atom stereocenters. The third kappa shape index (κ3) is 4.50. The first kappa shape index (κ1) is 34.3. The van der Waals surface area contributed by atoms with Gasteiger partial charge in [-0.25, -0.2) is 17.6 Å². The molecule has 57 heavy (non-hydrogen) atoms. The van der Waals surface area contributed by atoms with Crippen LogP contribution >= 0.6 is 0 Å². The topological polar surface area (TPSA) is 0 Å². The van der Waals surface area contributed by atoms with Gasteiger partial charge in [0.2, 0.25) is 0 Å². The molecule has 0 spiro atoms. The Morgan fingerprint density at radius 1 is 0.298 bits per heavy atom. The SMILES string of the molecule is CC1(C)c2cc3c(cc2-c2cc4c(cc21)-c1c(cc(-c2cc(F)cc(F)c2)c2ccccc12)C4(C)C)C(C)(C)c1cc(-c2cc(F)cc(F)c2)c2ccccc2c1-3. The minimum absolute atomic E-state index is 0.321. The molecular weight excluding hydrogens is 713 g/mol. The fraction of sp³-hybridized carbons (Fsp3) is 0.170. The summed E-state index contributed by atoms with van der Waals surface area (Å²) in [7, 11) is 0. The molecule has 0 amide bonds. The van der Waals surface area contributed by atoms with E-state index in [2.05, 4.69) is 102 Å². The van der Waals surface area contributed by atoms with Crippen molar-refractivity contribution >= 4 is 21.5 Å². The first-order valence-electron chi connectivity index (χ1n) is 19.6. The van der Waals surface area contributed by atoms with E-state index in [0.29, 0.717) is 11.1 Å². The summed E-state index contributed by atoms with van der Waals surface area (Å²) in [5.41, 5.74) is 16.1. The van der Waals surface area contributed by atoms with Gasteiger partial charge in [-0.15, -0.1) is 0 Å². The third-order valence-corrected chi connectivity index (χ3v) is 13.6. The Hall–Kier alpha value is -6.00. The standard InChI is InChI=1S/C53H38F4/c1-51(2)43-25-41-45(52(3,4)47-21-37(27-15-29(54)19-30(55)16-27)33-11-7-9-13-35(33)49(41)47)23-39(43)40-24-46-42(26-44(40)51)50-36-14-10-8-12-34(36)38(22-48(50)53(46,5)6)28-17-31(56)20-32(57)18-28/h7-26H,1-6H3. The maximum Gasteiger partial charge on any atom is 0.126 e. The van der Waals surface area contributed by atoms with E-state index >= 15 is 0 Å². The molecule has 0 radical (unpaired) electrons. The second-order valence-corrected chi connectivity index (χ2v) is 17.9. The summed E-state index contributed by atoms with van der Waals surface area (Å²) in [6.07, 6.45) is 0. The molecule has 0 aromatic heterocycles. The van der Waals surface area contributed by atoms with Crippen LogP contribution in [0.2, 0.25) is 0 Å². The van der Waals surface area contributed by atoms with Gasteiger partial charge in [-0.3, -0.25) is 0 Å². The van der Waals surface area contributed by atoms with Crippen LogP contribution in [-0.2, 0) is 16.2 Å². The predicted molar refractivity (Wildman–Crippen MR) is 225 cm³/mol. The third-order valence-electron chi connectivity index (χ3n) is 13.6. The monoisotopic (exact) mass is 750 g/mol. The van der Waals surface area contributed by atoms with E-state index < -0.39 is 34.1 Å². The zero-order chi connectivity index (χ0) is 39.5. The van der Waals surface area contributed by atoms with Crippen LogP contribution in [0.15, 0.2) is 121 Å². The van der Waals surface area contributed by atoms with Crippen molar-refractivity contribution in [3.63, 3.8) is 0 Å². The Balaban J connectivity index is 1.12. The van der Waals surface area contributed by atoms with Gasteiger partial charge in [0.25, 0.3) is 0 Å². The van der Waals surface area contributed by atoms with Crippen molar-refractivity contribution in [3.8, 4) is 55.6 Å². The predicted octanol–water partition coefficient (Wildman–Crippen LogP) is 14.8. The normalized spacial score (nSPS) is 16.0. The smallest absolute Gasteiger partial charge is 0.126 e. The van der Waals surface area contributed by atoms with E-state index in [1.807, 2.05) is 24.3 Å². The molecule has 3 aliphatic rings. The van der Waals surface area contributed by atoms with Crippen molar-refractivity contribution in [1.82, 2.24) is 0 Å². The van der Waals surface area contributed by atoms with E-state index in [1.54, 1.807) is 0 Å². The van der Waals surface area contributed by atoms with E-state index in [0.717, 1.165) is 55.9 Å². The van der Waals surface area contributed by atoms with Crippen LogP contribution in [0.3, 0.4) is 0 Å². The molecule has 0 saturated carbocycles. The molecule has 0 nitrogen and oxygen atoms in total. The van der Waals surface area contributed by atoms with Crippen molar-refractivity contribution in [2.24, 2.45) is 0 Å². The highest BCUT2D eigenvalue weighted by molar-refractivity contribution is 6.11.